The lowest BCUT2D eigenvalue weighted by Gasteiger charge is -2.20. The molecule has 5 heteroatoms. The van der Waals surface area contributed by atoms with Crippen molar-refractivity contribution in [3.8, 4) is 0 Å². The van der Waals surface area contributed by atoms with Crippen molar-refractivity contribution in [2.75, 3.05) is 12.0 Å². The van der Waals surface area contributed by atoms with Gasteiger partial charge in [-0.3, -0.25) is 10.6 Å². The van der Waals surface area contributed by atoms with Crippen LogP contribution < -0.4 is 11.3 Å². The van der Waals surface area contributed by atoms with Crippen LogP contribution >= 0.6 is 0 Å². The SMILES string of the molecule is CC1CC(C)N(C(=O)c2ccc(NN)cn2)C1. The summed E-state index contributed by atoms with van der Waals surface area (Å²) in [7, 11) is 0. The highest BCUT2D eigenvalue weighted by molar-refractivity contribution is 5.92. The first-order valence-electron chi connectivity index (χ1n) is 5.85. The van der Waals surface area contributed by atoms with Gasteiger partial charge in [-0.05, 0) is 31.4 Å². The molecule has 1 aromatic rings. The Hall–Kier alpha value is -1.62. The monoisotopic (exact) mass is 234 g/mol. The number of aromatic nitrogens is 1. The van der Waals surface area contributed by atoms with Gasteiger partial charge in [-0.25, -0.2) is 4.98 Å². The molecule has 2 rings (SSSR count). The number of anilines is 1. The third-order valence-corrected chi connectivity index (χ3v) is 3.19. The molecule has 3 N–H and O–H groups in total. The molecular formula is C12H18N4O. The number of nitrogens with one attached hydrogen (secondary N) is 1. The van der Waals surface area contributed by atoms with Crippen LogP contribution in [0.1, 0.15) is 30.8 Å². The Morgan fingerprint density at radius 2 is 2.29 bits per heavy atom. The number of rotatable bonds is 2. The quantitative estimate of drug-likeness (QED) is 0.596. The fourth-order valence-corrected chi connectivity index (χ4v) is 2.34. The summed E-state index contributed by atoms with van der Waals surface area (Å²) in [5.41, 5.74) is 3.67. The molecule has 0 aromatic carbocycles. The second-order valence-electron chi connectivity index (χ2n) is 4.72. The molecule has 1 aliphatic heterocycles. The number of carbonyl (C=O) groups excluding carboxylic acids is 1. The summed E-state index contributed by atoms with van der Waals surface area (Å²) in [6, 6.07) is 3.75. The average molecular weight is 234 g/mol. The molecule has 17 heavy (non-hydrogen) atoms. The van der Waals surface area contributed by atoms with E-state index in [1.54, 1.807) is 18.3 Å². The average Bonchev–Trinajstić information content (AvgIpc) is 2.68. The van der Waals surface area contributed by atoms with Gasteiger partial charge in [0.05, 0.1) is 11.9 Å². The van der Waals surface area contributed by atoms with Gasteiger partial charge >= 0.3 is 0 Å². The standard InChI is InChI=1S/C12H18N4O/c1-8-5-9(2)16(7-8)12(17)11-4-3-10(15-13)6-14-11/h3-4,6,8-9,15H,5,7,13H2,1-2H3. The van der Waals surface area contributed by atoms with Crippen LogP contribution in [-0.2, 0) is 0 Å². The summed E-state index contributed by atoms with van der Waals surface area (Å²) < 4.78 is 0. The molecule has 1 aliphatic rings. The third kappa shape index (κ3) is 2.39. The Balaban J connectivity index is 2.13. The van der Waals surface area contributed by atoms with Gasteiger partial charge in [0, 0.05) is 12.6 Å². The number of hydrogen-bond donors (Lipinski definition) is 2. The van der Waals surface area contributed by atoms with Gasteiger partial charge in [-0.15, -0.1) is 0 Å². The van der Waals surface area contributed by atoms with Crippen LogP contribution in [0.5, 0.6) is 0 Å². The van der Waals surface area contributed by atoms with E-state index in [-0.39, 0.29) is 5.91 Å². The summed E-state index contributed by atoms with van der Waals surface area (Å²) in [6.45, 7) is 5.06. The third-order valence-electron chi connectivity index (χ3n) is 3.19. The molecule has 1 saturated heterocycles. The second-order valence-corrected chi connectivity index (χ2v) is 4.72. The van der Waals surface area contributed by atoms with Crippen LogP contribution in [-0.4, -0.2) is 28.4 Å². The number of amides is 1. The first-order valence-corrected chi connectivity index (χ1v) is 5.85. The van der Waals surface area contributed by atoms with Gasteiger partial charge in [0.2, 0.25) is 0 Å². The van der Waals surface area contributed by atoms with Gasteiger partial charge in [0.1, 0.15) is 5.69 Å². The number of hydrogen-bond acceptors (Lipinski definition) is 4. The fourth-order valence-electron chi connectivity index (χ4n) is 2.34. The van der Waals surface area contributed by atoms with Gasteiger partial charge in [0.25, 0.3) is 5.91 Å². The van der Waals surface area contributed by atoms with Crippen molar-refractivity contribution in [3.63, 3.8) is 0 Å². The van der Waals surface area contributed by atoms with Crippen molar-refractivity contribution < 1.29 is 4.79 Å². The molecule has 2 atom stereocenters. The highest BCUT2D eigenvalue weighted by Gasteiger charge is 2.30. The minimum absolute atomic E-state index is 0.00502. The minimum atomic E-state index is 0.00502. The van der Waals surface area contributed by atoms with Gasteiger partial charge in [-0.1, -0.05) is 6.92 Å². The van der Waals surface area contributed by atoms with Crippen LogP contribution in [0.3, 0.4) is 0 Å². The first kappa shape index (κ1) is 11.9. The minimum Gasteiger partial charge on any atom is -0.334 e. The molecule has 1 amide bonds. The van der Waals surface area contributed by atoms with Crippen molar-refractivity contribution in [3.05, 3.63) is 24.0 Å². The zero-order valence-corrected chi connectivity index (χ0v) is 10.2. The van der Waals surface area contributed by atoms with Crippen LogP contribution in [0.4, 0.5) is 5.69 Å². The molecule has 0 aliphatic carbocycles. The van der Waals surface area contributed by atoms with E-state index < -0.39 is 0 Å². The smallest absolute Gasteiger partial charge is 0.272 e. The summed E-state index contributed by atoms with van der Waals surface area (Å²) in [6.07, 6.45) is 2.63. The van der Waals surface area contributed by atoms with E-state index in [0.717, 1.165) is 13.0 Å². The Kier molecular flexibility index (Phi) is 3.28. The zero-order valence-electron chi connectivity index (χ0n) is 10.2. The number of carbonyl (C=O) groups is 1. The highest BCUT2D eigenvalue weighted by Crippen LogP contribution is 2.23. The number of hydrazine groups is 1. The summed E-state index contributed by atoms with van der Waals surface area (Å²) in [5, 5.41) is 0. The van der Waals surface area contributed by atoms with Crippen molar-refractivity contribution in [1.82, 2.24) is 9.88 Å². The summed E-state index contributed by atoms with van der Waals surface area (Å²) in [4.78, 5) is 18.2. The van der Waals surface area contributed by atoms with Crippen LogP contribution in [0.25, 0.3) is 0 Å². The fraction of sp³-hybridized carbons (Fsp3) is 0.500. The van der Waals surface area contributed by atoms with E-state index >= 15 is 0 Å². The van der Waals surface area contributed by atoms with Crippen molar-refractivity contribution >= 4 is 11.6 Å². The largest absolute Gasteiger partial charge is 0.334 e. The summed E-state index contributed by atoms with van der Waals surface area (Å²) >= 11 is 0. The maximum absolute atomic E-state index is 12.2. The number of nitrogens with two attached hydrogens (primary N) is 1. The molecule has 1 fully saturated rings. The van der Waals surface area contributed by atoms with E-state index in [1.807, 2.05) is 4.90 Å². The predicted molar refractivity (Wildman–Crippen MR) is 66.3 cm³/mol. The molecule has 1 aromatic heterocycles. The number of nitrogen functional groups attached to an aromatic ring is 1. The van der Waals surface area contributed by atoms with Crippen molar-refractivity contribution in [2.45, 2.75) is 26.3 Å². The van der Waals surface area contributed by atoms with Crippen molar-refractivity contribution in [1.29, 1.82) is 0 Å². The second kappa shape index (κ2) is 4.71. The molecule has 5 nitrogen and oxygen atoms in total. The van der Waals surface area contributed by atoms with Gasteiger partial charge < -0.3 is 10.3 Å². The topological polar surface area (TPSA) is 71.2 Å². The van der Waals surface area contributed by atoms with E-state index in [0.29, 0.717) is 23.3 Å². The molecule has 0 bridgehead atoms. The highest BCUT2D eigenvalue weighted by atomic mass is 16.2. The normalized spacial score (nSPS) is 23.8. The molecule has 2 heterocycles. The lowest BCUT2D eigenvalue weighted by molar-refractivity contribution is 0.0738. The Labute approximate surface area is 101 Å². The van der Waals surface area contributed by atoms with E-state index in [9.17, 15) is 4.79 Å². The van der Waals surface area contributed by atoms with E-state index in [1.165, 1.54) is 0 Å². The Bertz CT molecular complexity index is 403. The molecular weight excluding hydrogens is 216 g/mol. The maximum Gasteiger partial charge on any atom is 0.272 e. The molecule has 2 unspecified atom stereocenters. The Morgan fingerprint density at radius 1 is 1.53 bits per heavy atom. The van der Waals surface area contributed by atoms with Gasteiger partial charge in [0.15, 0.2) is 0 Å². The number of nitrogens with zero attached hydrogens (tertiary/aromatic N) is 2. The van der Waals surface area contributed by atoms with Gasteiger partial charge in [-0.2, -0.15) is 0 Å². The Morgan fingerprint density at radius 3 is 2.76 bits per heavy atom. The molecule has 0 radical (unpaired) electrons. The summed E-state index contributed by atoms with van der Waals surface area (Å²) in [5.74, 6) is 5.83. The predicted octanol–water partition coefficient (Wildman–Crippen LogP) is 1.24. The number of likely N-dealkylation sites (tertiary alicyclic amines) is 1. The zero-order chi connectivity index (χ0) is 12.4. The number of pyridine rings is 1. The molecule has 0 spiro atoms. The molecule has 0 saturated carbocycles. The van der Waals surface area contributed by atoms with E-state index in [2.05, 4.69) is 24.3 Å². The van der Waals surface area contributed by atoms with Crippen LogP contribution in [0, 0.1) is 5.92 Å². The van der Waals surface area contributed by atoms with Crippen molar-refractivity contribution in [2.24, 2.45) is 11.8 Å². The first-order chi connectivity index (χ1) is 8.11. The van der Waals surface area contributed by atoms with E-state index in [4.69, 9.17) is 5.84 Å². The van der Waals surface area contributed by atoms with Crippen LogP contribution in [0.15, 0.2) is 18.3 Å². The maximum atomic E-state index is 12.2. The van der Waals surface area contributed by atoms with Crippen LogP contribution in [0.2, 0.25) is 0 Å². The molecule has 92 valence electrons. The lowest BCUT2D eigenvalue weighted by atomic mass is 10.1. The lowest BCUT2D eigenvalue weighted by Crippen LogP contribution is -2.34.